The minimum atomic E-state index is 0.0493. The van der Waals surface area contributed by atoms with Crippen LogP contribution in [0, 0.1) is 5.92 Å². The molecule has 0 aliphatic carbocycles. The van der Waals surface area contributed by atoms with Gasteiger partial charge in [0, 0.05) is 51.7 Å². The van der Waals surface area contributed by atoms with Crippen LogP contribution in [0.4, 0.5) is 0 Å². The summed E-state index contributed by atoms with van der Waals surface area (Å²) in [5, 5.41) is 1.94. The Morgan fingerprint density at radius 2 is 1.87 bits per heavy atom. The number of likely N-dealkylation sites (tertiary alicyclic amines) is 1. The number of morpholine rings is 1. The first-order valence-electron chi connectivity index (χ1n) is 11.6. The van der Waals surface area contributed by atoms with Gasteiger partial charge in [-0.3, -0.25) is 14.5 Å². The molecule has 0 aromatic carbocycles. The maximum absolute atomic E-state index is 13.3. The van der Waals surface area contributed by atoms with Gasteiger partial charge in [-0.05, 0) is 30.7 Å². The molecule has 3 rings (SSSR count). The van der Waals surface area contributed by atoms with Crippen molar-refractivity contribution in [2.45, 2.75) is 45.4 Å². The van der Waals surface area contributed by atoms with Crippen molar-refractivity contribution in [1.29, 1.82) is 0 Å². The van der Waals surface area contributed by atoms with E-state index < -0.39 is 0 Å². The van der Waals surface area contributed by atoms with E-state index in [9.17, 15) is 9.59 Å². The summed E-state index contributed by atoms with van der Waals surface area (Å²) in [6, 6.07) is 3.80. The van der Waals surface area contributed by atoms with E-state index in [0.717, 1.165) is 70.1 Å². The fourth-order valence-corrected chi connectivity index (χ4v) is 4.98. The predicted molar refractivity (Wildman–Crippen MR) is 121 cm³/mol. The lowest BCUT2D eigenvalue weighted by Gasteiger charge is -2.35. The highest BCUT2D eigenvalue weighted by Gasteiger charge is 2.30. The molecule has 2 fully saturated rings. The molecule has 2 amide bonds. The van der Waals surface area contributed by atoms with Gasteiger partial charge in [0.25, 0.3) is 5.91 Å². The van der Waals surface area contributed by atoms with E-state index in [1.54, 1.807) is 0 Å². The molecule has 0 N–H and O–H groups in total. The number of hydrogen-bond donors (Lipinski definition) is 0. The van der Waals surface area contributed by atoms with Gasteiger partial charge >= 0.3 is 0 Å². The number of rotatable bonds is 10. The van der Waals surface area contributed by atoms with Crippen LogP contribution in [-0.2, 0) is 9.53 Å². The average Bonchev–Trinajstić information content (AvgIpc) is 3.33. The second-order valence-corrected chi connectivity index (χ2v) is 9.33. The predicted octanol–water partition coefficient (Wildman–Crippen LogP) is 3.34. The fourth-order valence-electron chi connectivity index (χ4n) is 4.29. The second kappa shape index (κ2) is 12.4. The van der Waals surface area contributed by atoms with E-state index in [4.69, 9.17) is 4.74 Å². The van der Waals surface area contributed by atoms with Crippen molar-refractivity contribution in [2.75, 3.05) is 59.0 Å². The molecular formula is C23H37N3O3S. The van der Waals surface area contributed by atoms with Gasteiger partial charge in [-0.2, -0.15) is 0 Å². The van der Waals surface area contributed by atoms with Crippen LogP contribution in [0.3, 0.4) is 0 Å². The lowest BCUT2D eigenvalue weighted by Crippen LogP contribution is -2.47. The van der Waals surface area contributed by atoms with Crippen molar-refractivity contribution in [1.82, 2.24) is 14.7 Å². The number of ether oxygens (including phenoxy) is 1. The number of piperidine rings is 1. The molecule has 2 aliphatic heterocycles. The van der Waals surface area contributed by atoms with Crippen molar-refractivity contribution in [3.63, 3.8) is 0 Å². The van der Waals surface area contributed by atoms with Crippen molar-refractivity contribution >= 4 is 23.2 Å². The van der Waals surface area contributed by atoms with Gasteiger partial charge in [0.2, 0.25) is 5.91 Å². The van der Waals surface area contributed by atoms with Gasteiger partial charge in [-0.1, -0.05) is 32.3 Å². The molecule has 6 nitrogen and oxygen atoms in total. The summed E-state index contributed by atoms with van der Waals surface area (Å²) in [5.41, 5.74) is 0. The summed E-state index contributed by atoms with van der Waals surface area (Å²) in [6.45, 7) is 9.67. The quantitative estimate of drug-likeness (QED) is 0.529. The summed E-state index contributed by atoms with van der Waals surface area (Å²) < 4.78 is 5.44. The first-order chi connectivity index (χ1) is 14.7. The lowest BCUT2D eigenvalue weighted by atomic mass is 9.95. The molecule has 2 aliphatic rings. The molecule has 0 unspecified atom stereocenters. The lowest BCUT2D eigenvalue weighted by molar-refractivity contribution is -0.137. The second-order valence-electron chi connectivity index (χ2n) is 8.38. The van der Waals surface area contributed by atoms with E-state index in [1.165, 1.54) is 30.6 Å². The Labute approximate surface area is 185 Å². The molecule has 0 saturated carbocycles. The third-order valence-electron chi connectivity index (χ3n) is 6.25. The minimum absolute atomic E-state index is 0.0493. The SMILES string of the molecule is CCCCCCN(CCN1CCOCC1)C(=O)C1CCN(C(=O)c2cccs2)CC1. The summed E-state index contributed by atoms with van der Waals surface area (Å²) in [5.74, 6) is 0.455. The third-order valence-corrected chi connectivity index (χ3v) is 7.10. The number of hydrogen-bond acceptors (Lipinski definition) is 5. The van der Waals surface area contributed by atoms with Gasteiger partial charge < -0.3 is 14.5 Å². The molecule has 2 saturated heterocycles. The maximum Gasteiger partial charge on any atom is 0.263 e. The van der Waals surface area contributed by atoms with Crippen molar-refractivity contribution < 1.29 is 14.3 Å². The smallest absolute Gasteiger partial charge is 0.263 e. The molecule has 1 aromatic rings. The topological polar surface area (TPSA) is 53.1 Å². The summed E-state index contributed by atoms with van der Waals surface area (Å²) in [6.07, 6.45) is 6.26. The monoisotopic (exact) mass is 435 g/mol. The van der Waals surface area contributed by atoms with E-state index in [0.29, 0.717) is 19.0 Å². The van der Waals surface area contributed by atoms with Gasteiger partial charge in [0.15, 0.2) is 0 Å². The number of carbonyl (C=O) groups excluding carboxylic acids is 2. The van der Waals surface area contributed by atoms with Crippen LogP contribution in [-0.4, -0.2) is 85.5 Å². The van der Waals surface area contributed by atoms with E-state index in [2.05, 4.69) is 16.7 Å². The molecule has 3 heterocycles. The van der Waals surface area contributed by atoms with E-state index in [1.807, 2.05) is 22.4 Å². The van der Waals surface area contributed by atoms with Crippen molar-refractivity contribution in [3.8, 4) is 0 Å². The molecule has 1 aromatic heterocycles. The number of carbonyl (C=O) groups is 2. The van der Waals surface area contributed by atoms with Crippen LogP contribution in [0.15, 0.2) is 17.5 Å². The van der Waals surface area contributed by atoms with Crippen LogP contribution >= 0.6 is 11.3 Å². The van der Waals surface area contributed by atoms with Crippen LogP contribution < -0.4 is 0 Å². The molecule has 0 radical (unpaired) electrons. The standard InChI is InChI=1S/C23H37N3O3S/c1-2-3-4-5-10-25(14-13-24-15-17-29-18-16-24)22(27)20-8-11-26(12-9-20)23(28)21-7-6-19-30-21/h6-7,19-20H,2-5,8-18H2,1H3. The Bertz CT molecular complexity index is 638. The van der Waals surface area contributed by atoms with Gasteiger partial charge in [0.1, 0.15) is 0 Å². The highest BCUT2D eigenvalue weighted by molar-refractivity contribution is 7.12. The van der Waals surface area contributed by atoms with Crippen LogP contribution in [0.2, 0.25) is 0 Å². The normalized spacial score (nSPS) is 18.5. The largest absolute Gasteiger partial charge is 0.379 e. The first-order valence-corrected chi connectivity index (χ1v) is 12.5. The summed E-state index contributed by atoms with van der Waals surface area (Å²) >= 11 is 1.49. The van der Waals surface area contributed by atoms with E-state index in [-0.39, 0.29) is 11.8 Å². The first kappa shape index (κ1) is 23.2. The summed E-state index contributed by atoms with van der Waals surface area (Å²) in [7, 11) is 0. The highest BCUT2D eigenvalue weighted by atomic mass is 32.1. The zero-order valence-corrected chi connectivity index (χ0v) is 19.2. The average molecular weight is 436 g/mol. The maximum atomic E-state index is 13.3. The van der Waals surface area contributed by atoms with E-state index >= 15 is 0 Å². The number of thiophene rings is 1. The molecule has 30 heavy (non-hydrogen) atoms. The van der Waals surface area contributed by atoms with Crippen molar-refractivity contribution in [2.24, 2.45) is 5.92 Å². The van der Waals surface area contributed by atoms with Crippen LogP contribution in [0.1, 0.15) is 55.1 Å². The van der Waals surface area contributed by atoms with Crippen molar-refractivity contribution in [3.05, 3.63) is 22.4 Å². The number of amides is 2. The molecule has 0 spiro atoms. The number of nitrogens with zero attached hydrogens (tertiary/aromatic N) is 3. The van der Waals surface area contributed by atoms with Crippen LogP contribution in [0.25, 0.3) is 0 Å². The Hall–Kier alpha value is -1.44. The zero-order chi connectivity index (χ0) is 21.2. The number of unbranched alkanes of at least 4 members (excludes halogenated alkanes) is 3. The van der Waals surface area contributed by atoms with Gasteiger partial charge in [-0.15, -0.1) is 11.3 Å². The zero-order valence-electron chi connectivity index (χ0n) is 18.4. The third kappa shape index (κ3) is 6.79. The minimum Gasteiger partial charge on any atom is -0.379 e. The Balaban J connectivity index is 1.50. The molecule has 7 heteroatoms. The Morgan fingerprint density at radius 1 is 1.10 bits per heavy atom. The molecule has 0 bridgehead atoms. The molecular weight excluding hydrogens is 398 g/mol. The fraction of sp³-hybridized carbons (Fsp3) is 0.739. The summed E-state index contributed by atoms with van der Waals surface area (Å²) in [4.78, 5) is 33.1. The molecule has 0 atom stereocenters. The van der Waals surface area contributed by atoms with Crippen LogP contribution in [0.5, 0.6) is 0 Å². The Morgan fingerprint density at radius 3 is 2.53 bits per heavy atom. The Kier molecular flexibility index (Phi) is 9.62. The highest BCUT2D eigenvalue weighted by Crippen LogP contribution is 2.23. The van der Waals surface area contributed by atoms with Gasteiger partial charge in [-0.25, -0.2) is 0 Å². The van der Waals surface area contributed by atoms with Gasteiger partial charge in [0.05, 0.1) is 18.1 Å². The molecule has 168 valence electrons.